The predicted octanol–water partition coefficient (Wildman–Crippen LogP) is -0.0107. The van der Waals surface area contributed by atoms with E-state index in [0.29, 0.717) is 16.9 Å². The van der Waals surface area contributed by atoms with Crippen molar-refractivity contribution in [3.8, 4) is 5.69 Å². The molecular formula is C23H31FN3NaO5. The van der Waals surface area contributed by atoms with Crippen LogP contribution in [0.2, 0.25) is 0 Å². The molecule has 10 heteroatoms. The van der Waals surface area contributed by atoms with Crippen LogP contribution in [0.25, 0.3) is 11.8 Å². The van der Waals surface area contributed by atoms with E-state index in [1.807, 2.05) is 27.7 Å². The average Bonchev–Trinajstić information content (AvgIpc) is 3.05. The molecular weight excluding hydrogens is 440 g/mol. The monoisotopic (exact) mass is 471 g/mol. The molecule has 0 saturated heterocycles. The van der Waals surface area contributed by atoms with Gasteiger partial charge in [0.1, 0.15) is 5.82 Å². The number of carbonyl (C=O) groups excluding carboxylic acids is 1. The standard InChI is InChI=1S/C23H30FN3O5.Na.H/c1-13(2)21-19(10-9-17(28)11-18(29)12-20(30)31)27(16-7-5-15(24)6-8-16)26-22(21)23(32)25-14(3)4;;/h5-10,13-14,17-18,28-29H,11-12H2,1-4H3,(H,25,32)(H,30,31);;/q;+1;-1/t17-,18+;;/m0../s1. The van der Waals surface area contributed by atoms with Crippen LogP contribution in [-0.2, 0) is 4.79 Å². The number of benzene rings is 1. The summed E-state index contributed by atoms with van der Waals surface area (Å²) in [7, 11) is 0. The van der Waals surface area contributed by atoms with Gasteiger partial charge in [-0.2, -0.15) is 5.10 Å². The van der Waals surface area contributed by atoms with Crippen LogP contribution in [-0.4, -0.2) is 55.2 Å². The molecule has 2 aromatic rings. The number of aliphatic hydroxyl groups is 2. The van der Waals surface area contributed by atoms with Gasteiger partial charge in [-0.1, -0.05) is 19.9 Å². The van der Waals surface area contributed by atoms with Crippen molar-refractivity contribution in [2.45, 2.75) is 64.7 Å². The minimum absolute atomic E-state index is 0. The first kappa shape index (κ1) is 29.0. The fourth-order valence-corrected chi connectivity index (χ4v) is 3.29. The van der Waals surface area contributed by atoms with E-state index in [9.17, 15) is 24.2 Å². The van der Waals surface area contributed by atoms with Gasteiger partial charge in [-0.15, -0.1) is 0 Å². The number of rotatable bonds is 10. The molecule has 0 unspecified atom stereocenters. The van der Waals surface area contributed by atoms with Gasteiger partial charge in [0.15, 0.2) is 5.69 Å². The van der Waals surface area contributed by atoms with Crippen molar-refractivity contribution in [2.75, 3.05) is 0 Å². The summed E-state index contributed by atoms with van der Waals surface area (Å²) in [6.07, 6.45) is 0.0362. The van der Waals surface area contributed by atoms with Gasteiger partial charge in [-0.25, -0.2) is 9.07 Å². The fourth-order valence-electron chi connectivity index (χ4n) is 3.29. The molecule has 176 valence electrons. The number of nitrogens with zero attached hydrogens (tertiary/aromatic N) is 2. The van der Waals surface area contributed by atoms with Crippen molar-refractivity contribution in [1.29, 1.82) is 0 Å². The normalized spacial score (nSPS) is 13.2. The molecule has 0 saturated carbocycles. The van der Waals surface area contributed by atoms with Crippen molar-refractivity contribution < 1.29 is 60.3 Å². The number of aromatic nitrogens is 2. The molecule has 1 aromatic carbocycles. The van der Waals surface area contributed by atoms with Crippen LogP contribution < -0.4 is 34.9 Å². The van der Waals surface area contributed by atoms with Crippen molar-refractivity contribution in [2.24, 2.45) is 0 Å². The Kier molecular flexibility index (Phi) is 11.4. The minimum atomic E-state index is -1.20. The molecule has 0 fully saturated rings. The number of halogens is 1. The zero-order chi connectivity index (χ0) is 24.0. The Morgan fingerprint density at radius 1 is 1.18 bits per heavy atom. The second kappa shape index (κ2) is 13.0. The van der Waals surface area contributed by atoms with Crippen molar-refractivity contribution in [3.63, 3.8) is 0 Å². The average molecular weight is 472 g/mol. The third-order valence-electron chi connectivity index (χ3n) is 4.64. The van der Waals surface area contributed by atoms with E-state index >= 15 is 0 Å². The first-order valence-corrected chi connectivity index (χ1v) is 10.4. The first-order valence-electron chi connectivity index (χ1n) is 10.4. The second-order valence-corrected chi connectivity index (χ2v) is 8.23. The van der Waals surface area contributed by atoms with Gasteiger partial charge in [0.05, 0.1) is 30.0 Å². The van der Waals surface area contributed by atoms with Crippen LogP contribution in [0.15, 0.2) is 30.3 Å². The Balaban J connectivity index is 0.00000544. The summed E-state index contributed by atoms with van der Waals surface area (Å²) in [5, 5.41) is 36.1. The molecule has 0 radical (unpaired) electrons. The second-order valence-electron chi connectivity index (χ2n) is 8.23. The Morgan fingerprint density at radius 3 is 2.30 bits per heavy atom. The summed E-state index contributed by atoms with van der Waals surface area (Å²) in [5.74, 6) is -2.03. The summed E-state index contributed by atoms with van der Waals surface area (Å²) in [6, 6.07) is 5.52. The fraction of sp³-hybridized carbons (Fsp3) is 0.435. The quantitative estimate of drug-likeness (QED) is 0.362. The number of aliphatic carboxylic acids is 1. The van der Waals surface area contributed by atoms with E-state index in [-0.39, 0.29) is 61.0 Å². The Labute approximate surface area is 216 Å². The topological polar surface area (TPSA) is 125 Å². The number of nitrogens with one attached hydrogen (secondary N) is 1. The molecule has 0 bridgehead atoms. The molecule has 1 amide bonds. The third-order valence-corrected chi connectivity index (χ3v) is 4.64. The molecule has 0 aliphatic carbocycles. The first-order chi connectivity index (χ1) is 15.0. The molecule has 0 aliphatic heterocycles. The zero-order valence-electron chi connectivity index (χ0n) is 20.6. The number of carbonyl (C=O) groups is 2. The van der Waals surface area contributed by atoms with Gasteiger partial charge in [0.25, 0.3) is 5.91 Å². The number of aliphatic hydroxyl groups excluding tert-OH is 2. The van der Waals surface area contributed by atoms with Gasteiger partial charge < -0.3 is 22.1 Å². The molecule has 1 heterocycles. The summed E-state index contributed by atoms with van der Waals surface area (Å²) in [5.41, 5.74) is 1.91. The van der Waals surface area contributed by atoms with E-state index < -0.39 is 30.4 Å². The van der Waals surface area contributed by atoms with Crippen molar-refractivity contribution in [3.05, 3.63) is 53.1 Å². The predicted molar refractivity (Wildman–Crippen MR) is 119 cm³/mol. The summed E-state index contributed by atoms with van der Waals surface area (Å²) < 4.78 is 14.9. The maximum atomic E-state index is 13.4. The molecule has 33 heavy (non-hydrogen) atoms. The molecule has 8 nitrogen and oxygen atoms in total. The smallest absolute Gasteiger partial charge is 1.00 e. The zero-order valence-corrected chi connectivity index (χ0v) is 21.6. The molecule has 4 N–H and O–H groups in total. The van der Waals surface area contributed by atoms with Crippen LogP contribution >= 0.6 is 0 Å². The Morgan fingerprint density at radius 2 is 1.79 bits per heavy atom. The van der Waals surface area contributed by atoms with Gasteiger partial charge >= 0.3 is 35.5 Å². The molecule has 2 rings (SSSR count). The van der Waals surface area contributed by atoms with E-state index in [0.717, 1.165) is 0 Å². The third kappa shape index (κ3) is 8.35. The van der Waals surface area contributed by atoms with E-state index in [1.165, 1.54) is 35.0 Å². The van der Waals surface area contributed by atoms with Crippen LogP contribution in [0.1, 0.15) is 69.6 Å². The number of amides is 1. The van der Waals surface area contributed by atoms with Crippen LogP contribution in [0.5, 0.6) is 0 Å². The van der Waals surface area contributed by atoms with Gasteiger partial charge in [0.2, 0.25) is 0 Å². The number of carboxylic acid groups (broad SMARTS) is 1. The van der Waals surface area contributed by atoms with E-state index in [2.05, 4.69) is 10.4 Å². The number of carboxylic acids is 1. The molecule has 2 atom stereocenters. The van der Waals surface area contributed by atoms with Gasteiger partial charge in [-0.3, -0.25) is 9.59 Å². The summed E-state index contributed by atoms with van der Waals surface area (Å²) in [6.45, 7) is 7.48. The maximum Gasteiger partial charge on any atom is 1.00 e. The van der Waals surface area contributed by atoms with E-state index in [1.54, 1.807) is 6.08 Å². The largest absolute Gasteiger partial charge is 1.00 e. The molecule has 0 spiro atoms. The van der Waals surface area contributed by atoms with Crippen LogP contribution in [0.3, 0.4) is 0 Å². The van der Waals surface area contributed by atoms with Crippen molar-refractivity contribution in [1.82, 2.24) is 15.1 Å². The van der Waals surface area contributed by atoms with Gasteiger partial charge in [0, 0.05) is 18.0 Å². The van der Waals surface area contributed by atoms with E-state index in [4.69, 9.17) is 5.11 Å². The van der Waals surface area contributed by atoms with Crippen LogP contribution in [0, 0.1) is 5.82 Å². The molecule has 0 aliphatic rings. The Hall–Kier alpha value is -2.04. The number of hydrogen-bond donors (Lipinski definition) is 4. The summed E-state index contributed by atoms with van der Waals surface area (Å²) in [4.78, 5) is 23.5. The molecule has 1 aromatic heterocycles. The van der Waals surface area contributed by atoms with Crippen molar-refractivity contribution >= 4 is 18.0 Å². The Bertz CT molecular complexity index is 980. The summed E-state index contributed by atoms with van der Waals surface area (Å²) >= 11 is 0. The maximum absolute atomic E-state index is 13.4. The number of hydrogen-bond acceptors (Lipinski definition) is 5. The minimum Gasteiger partial charge on any atom is -1.00 e. The SMILES string of the molecule is CC(C)NC(=O)c1nn(-c2ccc(F)cc2)c(C=C[C@H](O)C[C@@H](O)CC(=O)O)c1C(C)C.[H-].[Na+]. The van der Waals surface area contributed by atoms with Gasteiger partial charge in [-0.05, 0) is 50.1 Å². The van der Waals surface area contributed by atoms with Crippen LogP contribution in [0.4, 0.5) is 4.39 Å².